The maximum atomic E-state index is 13.5. The van der Waals surface area contributed by atoms with Crippen LogP contribution in [0, 0.1) is 5.82 Å². The van der Waals surface area contributed by atoms with Crippen molar-refractivity contribution in [3.63, 3.8) is 0 Å². The van der Waals surface area contributed by atoms with Gasteiger partial charge in [0.15, 0.2) is 5.11 Å². The molecule has 1 aromatic heterocycles. The summed E-state index contributed by atoms with van der Waals surface area (Å²) in [6.45, 7) is 0. The van der Waals surface area contributed by atoms with E-state index in [4.69, 9.17) is 12.2 Å². The molecule has 1 heterocycles. The Kier molecular flexibility index (Phi) is 3.30. The summed E-state index contributed by atoms with van der Waals surface area (Å²) in [7, 11) is 0. The van der Waals surface area contributed by atoms with Crippen molar-refractivity contribution >= 4 is 39.7 Å². The molecule has 0 amide bonds. The summed E-state index contributed by atoms with van der Waals surface area (Å²) in [6.07, 6.45) is 1.63. The first-order valence-electron chi connectivity index (χ1n) is 5.98. The average Bonchev–Trinajstić information content (AvgIpc) is 2.89. The molecule has 0 bridgehead atoms. The van der Waals surface area contributed by atoms with E-state index < -0.39 is 0 Å². The minimum absolute atomic E-state index is 0.324. The largest absolute Gasteiger partial charge is 0.345 e. The molecule has 3 aromatic rings. The molecule has 4 nitrogen and oxygen atoms in total. The first-order chi connectivity index (χ1) is 9.72. The van der Waals surface area contributed by atoms with Gasteiger partial charge in [-0.3, -0.25) is 0 Å². The Labute approximate surface area is 120 Å². The predicted octanol–water partition coefficient (Wildman–Crippen LogP) is 3.51. The second-order valence-corrected chi connectivity index (χ2v) is 4.60. The minimum Gasteiger partial charge on any atom is -0.345 e. The lowest BCUT2D eigenvalue weighted by atomic mass is 10.3. The molecule has 100 valence electrons. The van der Waals surface area contributed by atoms with Gasteiger partial charge in [0.1, 0.15) is 5.82 Å². The molecule has 0 saturated carbocycles. The van der Waals surface area contributed by atoms with Crippen LogP contribution >= 0.6 is 12.2 Å². The lowest BCUT2D eigenvalue weighted by Crippen LogP contribution is -2.19. The Morgan fingerprint density at radius 3 is 2.85 bits per heavy atom. The van der Waals surface area contributed by atoms with Gasteiger partial charge in [-0.2, -0.15) is 0 Å². The molecule has 0 aliphatic heterocycles. The number of anilines is 2. The van der Waals surface area contributed by atoms with Gasteiger partial charge in [-0.15, -0.1) is 0 Å². The second-order valence-electron chi connectivity index (χ2n) is 4.19. The van der Waals surface area contributed by atoms with Gasteiger partial charge in [-0.05, 0) is 42.5 Å². The number of para-hydroxylation sites is 1. The number of H-pyrrole nitrogens is 1. The molecule has 0 aliphatic carbocycles. The monoisotopic (exact) mass is 286 g/mol. The Hall–Kier alpha value is -2.47. The molecule has 0 unspecified atom stereocenters. The lowest BCUT2D eigenvalue weighted by molar-refractivity contribution is 0.632. The highest BCUT2D eigenvalue weighted by Crippen LogP contribution is 2.17. The molecule has 0 spiro atoms. The summed E-state index contributed by atoms with van der Waals surface area (Å²) < 4.78 is 13.5. The van der Waals surface area contributed by atoms with E-state index in [-0.39, 0.29) is 5.82 Å². The number of aromatic amines is 1. The van der Waals surface area contributed by atoms with E-state index in [1.165, 1.54) is 6.07 Å². The van der Waals surface area contributed by atoms with Gasteiger partial charge in [0.2, 0.25) is 0 Å². The van der Waals surface area contributed by atoms with Gasteiger partial charge in [-0.1, -0.05) is 12.1 Å². The number of hydrogen-bond acceptors (Lipinski definition) is 2. The Balaban J connectivity index is 1.74. The van der Waals surface area contributed by atoms with E-state index in [1.807, 2.05) is 18.2 Å². The zero-order chi connectivity index (χ0) is 13.9. The quantitative estimate of drug-likeness (QED) is 0.631. The Morgan fingerprint density at radius 1 is 1.15 bits per heavy atom. The van der Waals surface area contributed by atoms with Crippen LogP contribution in [0.4, 0.5) is 15.8 Å². The first kappa shape index (κ1) is 12.6. The van der Waals surface area contributed by atoms with E-state index in [0.29, 0.717) is 10.8 Å². The minimum atomic E-state index is -0.348. The third-order valence-corrected chi connectivity index (χ3v) is 3.01. The van der Waals surface area contributed by atoms with Crippen molar-refractivity contribution in [1.29, 1.82) is 0 Å². The smallest absolute Gasteiger partial charge is 0.175 e. The third-order valence-electron chi connectivity index (χ3n) is 2.80. The van der Waals surface area contributed by atoms with Crippen LogP contribution in [0.5, 0.6) is 0 Å². The maximum absolute atomic E-state index is 13.5. The zero-order valence-corrected chi connectivity index (χ0v) is 11.2. The van der Waals surface area contributed by atoms with E-state index in [1.54, 1.807) is 24.5 Å². The summed E-state index contributed by atoms with van der Waals surface area (Å²) in [5.74, 6) is -0.348. The number of aromatic nitrogens is 2. The number of benzene rings is 2. The summed E-state index contributed by atoms with van der Waals surface area (Å²) in [5, 5.41) is 6.14. The maximum Gasteiger partial charge on any atom is 0.175 e. The number of hydrogen-bond donors (Lipinski definition) is 3. The number of rotatable bonds is 2. The van der Waals surface area contributed by atoms with Crippen molar-refractivity contribution in [1.82, 2.24) is 9.97 Å². The van der Waals surface area contributed by atoms with Crippen LogP contribution in [0.15, 0.2) is 48.8 Å². The fourth-order valence-electron chi connectivity index (χ4n) is 1.86. The molecule has 0 atom stereocenters. The van der Waals surface area contributed by atoms with Crippen LogP contribution < -0.4 is 10.6 Å². The van der Waals surface area contributed by atoms with E-state index in [2.05, 4.69) is 20.6 Å². The van der Waals surface area contributed by atoms with Crippen molar-refractivity contribution in [2.45, 2.75) is 0 Å². The molecular weight excluding hydrogens is 275 g/mol. The molecule has 2 aromatic carbocycles. The standard InChI is InChI=1S/C14H11FN4S/c15-10-3-1-2-4-11(10)19-14(20)18-9-5-6-12-13(7-9)17-8-16-12/h1-8H,(H,16,17)(H2,18,19,20). The van der Waals surface area contributed by atoms with Crippen molar-refractivity contribution in [3.8, 4) is 0 Å². The number of imidazole rings is 1. The topological polar surface area (TPSA) is 52.7 Å². The highest BCUT2D eigenvalue weighted by molar-refractivity contribution is 7.80. The zero-order valence-electron chi connectivity index (χ0n) is 10.4. The number of nitrogens with one attached hydrogen (secondary N) is 3. The van der Waals surface area contributed by atoms with Crippen LogP contribution in [0.3, 0.4) is 0 Å². The van der Waals surface area contributed by atoms with Gasteiger partial charge < -0.3 is 15.6 Å². The van der Waals surface area contributed by atoms with Gasteiger partial charge in [0, 0.05) is 5.69 Å². The second kappa shape index (κ2) is 5.26. The summed E-state index contributed by atoms with van der Waals surface area (Å²) in [5.41, 5.74) is 2.91. The Morgan fingerprint density at radius 2 is 2.00 bits per heavy atom. The van der Waals surface area contributed by atoms with Gasteiger partial charge >= 0.3 is 0 Å². The van der Waals surface area contributed by atoms with E-state index in [0.717, 1.165) is 16.7 Å². The van der Waals surface area contributed by atoms with Crippen LogP contribution in [-0.2, 0) is 0 Å². The number of nitrogens with zero attached hydrogens (tertiary/aromatic N) is 1. The van der Waals surface area contributed by atoms with E-state index in [9.17, 15) is 4.39 Å². The van der Waals surface area contributed by atoms with Crippen LogP contribution in [0.25, 0.3) is 11.0 Å². The number of halogens is 1. The fourth-order valence-corrected chi connectivity index (χ4v) is 2.08. The number of fused-ring (bicyclic) bond motifs is 1. The molecule has 3 N–H and O–H groups in total. The first-order valence-corrected chi connectivity index (χ1v) is 6.39. The molecule has 0 fully saturated rings. The highest BCUT2D eigenvalue weighted by atomic mass is 32.1. The van der Waals surface area contributed by atoms with Crippen molar-refractivity contribution < 1.29 is 4.39 Å². The van der Waals surface area contributed by atoms with Gasteiger partial charge in [-0.25, -0.2) is 9.37 Å². The van der Waals surface area contributed by atoms with Crippen molar-refractivity contribution in [2.75, 3.05) is 10.6 Å². The summed E-state index contributed by atoms with van der Waals surface area (Å²) in [4.78, 5) is 7.18. The summed E-state index contributed by atoms with van der Waals surface area (Å²) in [6, 6.07) is 12.0. The lowest BCUT2D eigenvalue weighted by Gasteiger charge is -2.11. The SMILES string of the molecule is Fc1ccccc1NC(=S)Nc1ccc2[nH]cnc2c1. The third kappa shape index (κ3) is 2.60. The molecule has 0 radical (unpaired) electrons. The molecule has 0 aliphatic rings. The number of thiocarbonyl (C=S) groups is 1. The molecular formula is C14H11FN4S. The molecule has 3 rings (SSSR count). The normalized spacial score (nSPS) is 10.4. The molecule has 6 heteroatoms. The van der Waals surface area contributed by atoms with Gasteiger partial charge in [0.25, 0.3) is 0 Å². The average molecular weight is 286 g/mol. The highest BCUT2D eigenvalue weighted by Gasteiger charge is 2.04. The van der Waals surface area contributed by atoms with Gasteiger partial charge in [0.05, 0.1) is 23.0 Å². The van der Waals surface area contributed by atoms with Crippen LogP contribution in [0.1, 0.15) is 0 Å². The Bertz CT molecular complexity index is 768. The van der Waals surface area contributed by atoms with Crippen molar-refractivity contribution in [3.05, 3.63) is 54.6 Å². The fraction of sp³-hybridized carbons (Fsp3) is 0. The molecule has 0 saturated heterocycles. The molecule has 20 heavy (non-hydrogen) atoms. The van der Waals surface area contributed by atoms with Crippen LogP contribution in [-0.4, -0.2) is 15.1 Å². The van der Waals surface area contributed by atoms with Crippen LogP contribution in [0.2, 0.25) is 0 Å². The predicted molar refractivity (Wildman–Crippen MR) is 82.3 cm³/mol. The van der Waals surface area contributed by atoms with Crippen molar-refractivity contribution in [2.24, 2.45) is 0 Å². The summed E-state index contributed by atoms with van der Waals surface area (Å²) >= 11 is 5.16. The van der Waals surface area contributed by atoms with E-state index >= 15 is 0 Å².